The highest BCUT2D eigenvalue weighted by Gasteiger charge is 2.34. The summed E-state index contributed by atoms with van der Waals surface area (Å²) in [5, 5.41) is 0. The molecule has 1 aliphatic rings. The second-order valence-electron chi connectivity index (χ2n) is 4.96. The predicted molar refractivity (Wildman–Crippen MR) is 88.7 cm³/mol. The standard InChI is InChI=1S/C16H20INO2/c1-2-3-5-10-15(17)18-14(12-20-16(18)19)11-13-8-6-4-7-9-13/h4,6-10,14H,2-3,5,11-12H2,1H3/b15-10-/t14-/m1/s1. The van der Waals surface area contributed by atoms with Gasteiger partial charge in [0, 0.05) is 0 Å². The average molecular weight is 385 g/mol. The minimum absolute atomic E-state index is 0.106. The fourth-order valence-corrected chi connectivity index (χ4v) is 3.18. The van der Waals surface area contributed by atoms with Crippen molar-refractivity contribution >= 4 is 28.7 Å². The molecule has 1 aliphatic heterocycles. The molecule has 1 atom stereocenters. The maximum Gasteiger partial charge on any atom is 0.415 e. The highest BCUT2D eigenvalue weighted by atomic mass is 127. The molecule has 0 spiro atoms. The van der Waals surface area contributed by atoms with E-state index < -0.39 is 0 Å². The van der Waals surface area contributed by atoms with Crippen molar-refractivity contribution in [1.29, 1.82) is 0 Å². The van der Waals surface area contributed by atoms with Gasteiger partial charge in [-0.25, -0.2) is 4.79 Å². The molecule has 0 aliphatic carbocycles. The van der Waals surface area contributed by atoms with Crippen molar-refractivity contribution in [2.24, 2.45) is 0 Å². The lowest BCUT2D eigenvalue weighted by molar-refractivity contribution is 0.166. The zero-order chi connectivity index (χ0) is 14.4. The molecule has 3 nitrogen and oxygen atoms in total. The van der Waals surface area contributed by atoms with E-state index in [1.54, 1.807) is 4.90 Å². The summed E-state index contributed by atoms with van der Waals surface area (Å²) in [6.07, 6.45) is 6.08. The minimum Gasteiger partial charge on any atom is -0.447 e. The van der Waals surface area contributed by atoms with Gasteiger partial charge in [-0.1, -0.05) is 49.8 Å². The topological polar surface area (TPSA) is 29.5 Å². The third-order valence-corrected chi connectivity index (χ3v) is 4.34. The van der Waals surface area contributed by atoms with Gasteiger partial charge in [0.05, 0.1) is 9.75 Å². The summed E-state index contributed by atoms with van der Waals surface area (Å²) in [5.74, 6) is 0. The molecule has 1 aromatic carbocycles. The van der Waals surface area contributed by atoms with Crippen molar-refractivity contribution in [1.82, 2.24) is 4.90 Å². The number of nitrogens with zero attached hydrogens (tertiary/aromatic N) is 1. The molecule has 1 saturated heterocycles. The molecule has 1 heterocycles. The van der Waals surface area contributed by atoms with Crippen molar-refractivity contribution in [3.63, 3.8) is 0 Å². The number of cyclic esters (lactones) is 1. The van der Waals surface area contributed by atoms with Gasteiger partial charge in [0.25, 0.3) is 0 Å². The molecule has 0 unspecified atom stereocenters. The summed E-state index contributed by atoms with van der Waals surface area (Å²) in [7, 11) is 0. The van der Waals surface area contributed by atoms with Crippen LogP contribution in [0.4, 0.5) is 4.79 Å². The number of amides is 1. The van der Waals surface area contributed by atoms with Crippen LogP contribution in [0.5, 0.6) is 0 Å². The molecule has 0 aromatic heterocycles. The van der Waals surface area contributed by atoms with Crippen molar-refractivity contribution in [3.8, 4) is 0 Å². The van der Waals surface area contributed by atoms with Crippen LogP contribution < -0.4 is 0 Å². The Kier molecular flexibility index (Phi) is 5.88. The van der Waals surface area contributed by atoms with Crippen LogP contribution in [0.3, 0.4) is 0 Å². The number of allylic oxidation sites excluding steroid dienone is 1. The molecular weight excluding hydrogens is 365 g/mol. The van der Waals surface area contributed by atoms with E-state index in [1.165, 1.54) is 5.56 Å². The Morgan fingerprint density at radius 3 is 2.90 bits per heavy atom. The number of hydrogen-bond acceptors (Lipinski definition) is 2. The van der Waals surface area contributed by atoms with Crippen LogP contribution in [0.25, 0.3) is 0 Å². The predicted octanol–water partition coefficient (Wildman–Crippen LogP) is 4.52. The van der Waals surface area contributed by atoms with Crippen LogP contribution in [0.2, 0.25) is 0 Å². The molecule has 0 N–H and O–H groups in total. The first-order valence-electron chi connectivity index (χ1n) is 7.08. The van der Waals surface area contributed by atoms with Crippen molar-refractivity contribution < 1.29 is 9.53 Å². The molecule has 20 heavy (non-hydrogen) atoms. The maximum absolute atomic E-state index is 11.9. The summed E-state index contributed by atoms with van der Waals surface area (Å²) in [6, 6.07) is 10.4. The third kappa shape index (κ3) is 3.98. The third-order valence-electron chi connectivity index (χ3n) is 3.38. The lowest BCUT2D eigenvalue weighted by Crippen LogP contribution is -2.32. The van der Waals surface area contributed by atoms with Crippen molar-refractivity contribution in [2.75, 3.05) is 6.61 Å². The van der Waals surface area contributed by atoms with E-state index >= 15 is 0 Å². The Hall–Kier alpha value is -1.04. The molecule has 0 saturated carbocycles. The number of ether oxygens (including phenoxy) is 1. The minimum atomic E-state index is -0.219. The van der Waals surface area contributed by atoms with Gasteiger partial charge in [-0.15, -0.1) is 0 Å². The Morgan fingerprint density at radius 2 is 2.20 bits per heavy atom. The van der Waals surface area contributed by atoms with E-state index in [-0.39, 0.29) is 12.1 Å². The Labute approximate surface area is 134 Å². The summed E-state index contributed by atoms with van der Waals surface area (Å²) in [4.78, 5) is 13.7. The van der Waals surface area contributed by atoms with E-state index in [1.807, 2.05) is 18.2 Å². The van der Waals surface area contributed by atoms with Crippen LogP contribution >= 0.6 is 22.6 Å². The summed E-state index contributed by atoms with van der Waals surface area (Å²) in [6.45, 7) is 2.64. The first-order valence-corrected chi connectivity index (χ1v) is 8.15. The van der Waals surface area contributed by atoms with Gasteiger partial charge >= 0.3 is 6.09 Å². The molecule has 108 valence electrons. The van der Waals surface area contributed by atoms with E-state index in [0.29, 0.717) is 6.61 Å². The molecule has 2 rings (SSSR count). The Balaban J connectivity index is 2.04. The maximum atomic E-state index is 11.9. The Morgan fingerprint density at radius 1 is 1.45 bits per heavy atom. The van der Waals surface area contributed by atoms with Crippen LogP contribution in [-0.4, -0.2) is 23.6 Å². The smallest absolute Gasteiger partial charge is 0.415 e. The monoisotopic (exact) mass is 385 g/mol. The van der Waals surface area contributed by atoms with Gasteiger partial charge in [0.15, 0.2) is 0 Å². The van der Waals surface area contributed by atoms with Gasteiger partial charge in [-0.3, -0.25) is 4.90 Å². The molecule has 1 amide bonds. The molecule has 1 aromatic rings. The molecule has 4 heteroatoms. The lowest BCUT2D eigenvalue weighted by Gasteiger charge is -2.21. The van der Waals surface area contributed by atoms with Crippen LogP contribution in [0.1, 0.15) is 31.7 Å². The first-order chi connectivity index (χ1) is 9.72. The van der Waals surface area contributed by atoms with Crippen molar-refractivity contribution in [3.05, 3.63) is 45.7 Å². The highest BCUT2D eigenvalue weighted by molar-refractivity contribution is 14.1. The SMILES string of the molecule is CCCC/C=C(/I)N1C(=O)OC[C@H]1Cc1ccccc1. The number of carbonyl (C=O) groups excluding carboxylic acids is 1. The Bertz CT molecular complexity index is 473. The van der Waals surface area contributed by atoms with Crippen LogP contribution in [0, 0.1) is 0 Å². The molecular formula is C16H20INO2. The zero-order valence-electron chi connectivity index (χ0n) is 11.7. The quantitative estimate of drug-likeness (QED) is 0.410. The highest BCUT2D eigenvalue weighted by Crippen LogP contribution is 2.26. The lowest BCUT2D eigenvalue weighted by atomic mass is 10.1. The number of benzene rings is 1. The van der Waals surface area contributed by atoms with Gasteiger partial charge in [0.2, 0.25) is 0 Å². The molecule has 1 fully saturated rings. The number of carbonyl (C=O) groups is 1. The van der Waals surface area contributed by atoms with Crippen LogP contribution in [-0.2, 0) is 11.2 Å². The second-order valence-corrected chi connectivity index (χ2v) is 6.06. The number of halogens is 1. The zero-order valence-corrected chi connectivity index (χ0v) is 13.9. The fourth-order valence-electron chi connectivity index (χ4n) is 2.28. The van der Waals surface area contributed by atoms with E-state index in [9.17, 15) is 4.79 Å². The molecule has 0 radical (unpaired) electrons. The summed E-state index contributed by atoms with van der Waals surface area (Å²) in [5.41, 5.74) is 1.23. The van der Waals surface area contributed by atoms with Gasteiger partial charge in [-0.2, -0.15) is 0 Å². The second kappa shape index (κ2) is 7.67. The van der Waals surface area contributed by atoms with E-state index in [4.69, 9.17) is 4.74 Å². The van der Waals surface area contributed by atoms with E-state index in [2.05, 4.69) is 47.7 Å². The van der Waals surface area contributed by atoms with E-state index in [0.717, 1.165) is 29.4 Å². The number of unbranched alkanes of at least 4 members (excludes halogenated alkanes) is 2. The normalized spacial score (nSPS) is 19.3. The fraction of sp³-hybridized carbons (Fsp3) is 0.438. The molecule has 0 bridgehead atoms. The largest absolute Gasteiger partial charge is 0.447 e. The average Bonchev–Trinajstić information content (AvgIpc) is 2.81. The first kappa shape index (κ1) is 15.4. The number of rotatable bonds is 6. The summed E-state index contributed by atoms with van der Waals surface area (Å²) < 4.78 is 6.20. The summed E-state index contributed by atoms with van der Waals surface area (Å²) >= 11 is 2.24. The van der Waals surface area contributed by atoms with Gasteiger partial charge in [-0.05, 0) is 47.4 Å². The van der Waals surface area contributed by atoms with Gasteiger partial charge < -0.3 is 4.74 Å². The van der Waals surface area contributed by atoms with Crippen LogP contribution in [0.15, 0.2) is 40.1 Å². The number of hydrogen-bond donors (Lipinski definition) is 0. The van der Waals surface area contributed by atoms with Crippen molar-refractivity contribution in [2.45, 2.75) is 38.6 Å². The van der Waals surface area contributed by atoms with Gasteiger partial charge in [0.1, 0.15) is 6.61 Å².